The van der Waals surface area contributed by atoms with Gasteiger partial charge in [-0.2, -0.15) is 36.6 Å². The van der Waals surface area contributed by atoms with Gasteiger partial charge in [0.15, 0.2) is 5.82 Å². The Kier molecular flexibility index (Phi) is 7.88. The van der Waals surface area contributed by atoms with Crippen LogP contribution < -0.4 is 10.3 Å². The zero-order valence-electron chi connectivity index (χ0n) is 17.5. The first-order valence-electron chi connectivity index (χ1n) is 9.30. The number of amides is 2. The van der Waals surface area contributed by atoms with Crippen LogP contribution in [0.3, 0.4) is 0 Å². The highest BCUT2D eigenvalue weighted by molar-refractivity contribution is 5.91. The van der Waals surface area contributed by atoms with E-state index in [0.717, 1.165) is 24.4 Å². The number of aromatic nitrogens is 2. The van der Waals surface area contributed by atoms with Crippen LogP contribution in [0.25, 0.3) is 0 Å². The second-order valence-electron chi connectivity index (χ2n) is 6.98. The summed E-state index contributed by atoms with van der Waals surface area (Å²) < 4.78 is 77.6. The molecular formula is C19H16F6N6O3. The summed E-state index contributed by atoms with van der Waals surface area (Å²) in [7, 11) is 0. The summed E-state index contributed by atoms with van der Waals surface area (Å²) in [6.07, 6.45) is -9.20. The van der Waals surface area contributed by atoms with Crippen LogP contribution >= 0.6 is 0 Å². The molecule has 2 aromatic rings. The second kappa shape index (κ2) is 10.2. The lowest BCUT2D eigenvalue weighted by Crippen LogP contribution is -2.53. The summed E-state index contributed by atoms with van der Waals surface area (Å²) in [5.41, 5.74) is -1.59. The van der Waals surface area contributed by atoms with Crippen LogP contribution in [0.15, 0.2) is 36.5 Å². The number of nitrogens with one attached hydrogen (secondary N) is 1. The van der Waals surface area contributed by atoms with E-state index in [1.165, 1.54) is 0 Å². The van der Waals surface area contributed by atoms with E-state index in [9.17, 15) is 35.9 Å². The molecule has 0 radical (unpaired) electrons. The zero-order valence-corrected chi connectivity index (χ0v) is 17.5. The van der Waals surface area contributed by atoms with Crippen molar-refractivity contribution in [1.82, 2.24) is 15.1 Å². The minimum atomic E-state index is -5.51. The number of hydroxylamine groups is 1. The fraction of sp³-hybridized carbons (Fsp3) is 0.316. The van der Waals surface area contributed by atoms with E-state index in [0.29, 0.717) is 17.1 Å². The fourth-order valence-corrected chi connectivity index (χ4v) is 2.43. The van der Waals surface area contributed by atoms with Gasteiger partial charge in [-0.1, -0.05) is 19.9 Å². The van der Waals surface area contributed by atoms with Crippen molar-refractivity contribution in [1.29, 1.82) is 5.26 Å². The van der Waals surface area contributed by atoms with Gasteiger partial charge in [0, 0.05) is 24.5 Å². The molecule has 0 aliphatic rings. The molecule has 0 saturated heterocycles. The summed E-state index contributed by atoms with van der Waals surface area (Å²) >= 11 is 0. The van der Waals surface area contributed by atoms with Crippen LogP contribution in [0.4, 0.5) is 42.6 Å². The van der Waals surface area contributed by atoms with Gasteiger partial charge in [-0.15, -0.1) is 0 Å². The molecule has 0 fully saturated rings. The van der Waals surface area contributed by atoms with Crippen LogP contribution in [-0.2, 0) is 15.8 Å². The third-order valence-corrected chi connectivity index (χ3v) is 3.78. The molecule has 0 aliphatic heterocycles. The smallest absolute Gasteiger partial charge is 0.306 e. The molecule has 0 unspecified atom stereocenters. The standard InChI is InChI=1S/C19H16F6N6O3/c1-11(2)10-30(15-6-7-27-14(9-26)29-15)31(34-16(32)19(23,24)25)17(33)28-13-5-3-4-12(8-13)18(20,21)22/h3-8,11H,10H2,1-2H3,(H,28,33). The summed E-state index contributed by atoms with van der Waals surface area (Å²) in [4.78, 5) is 36.0. The Bertz CT molecular complexity index is 1080. The molecule has 0 aliphatic carbocycles. The Morgan fingerprint density at radius 2 is 1.85 bits per heavy atom. The van der Waals surface area contributed by atoms with E-state index in [1.54, 1.807) is 19.9 Å². The highest BCUT2D eigenvalue weighted by atomic mass is 19.4. The molecule has 2 amide bonds. The van der Waals surface area contributed by atoms with Crippen molar-refractivity contribution >= 4 is 23.5 Å². The predicted molar refractivity (Wildman–Crippen MR) is 103 cm³/mol. The van der Waals surface area contributed by atoms with Gasteiger partial charge in [0.1, 0.15) is 6.07 Å². The van der Waals surface area contributed by atoms with Crippen LogP contribution in [0.1, 0.15) is 25.2 Å². The molecular weight excluding hydrogens is 474 g/mol. The number of carbonyl (C=O) groups excluding carboxylic acids is 2. The van der Waals surface area contributed by atoms with Crippen LogP contribution in [0.5, 0.6) is 0 Å². The number of hydrogen-bond acceptors (Lipinski definition) is 7. The Hall–Kier alpha value is -4.09. The van der Waals surface area contributed by atoms with E-state index in [1.807, 2.05) is 5.32 Å². The first-order valence-corrected chi connectivity index (χ1v) is 9.30. The SMILES string of the molecule is CC(C)CN(c1ccnc(C#N)n1)N(OC(=O)C(F)(F)F)C(=O)Nc1cccc(C(F)(F)F)c1. The van der Waals surface area contributed by atoms with E-state index in [2.05, 4.69) is 14.8 Å². The summed E-state index contributed by atoms with van der Waals surface area (Å²) in [5.74, 6) is -3.86. The monoisotopic (exact) mass is 490 g/mol. The number of halogens is 6. The number of alkyl halides is 6. The Morgan fingerprint density at radius 1 is 1.18 bits per heavy atom. The van der Waals surface area contributed by atoms with Gasteiger partial charge >= 0.3 is 24.4 Å². The number of anilines is 2. The molecule has 1 aromatic carbocycles. The van der Waals surface area contributed by atoms with Crippen molar-refractivity contribution in [2.75, 3.05) is 16.9 Å². The molecule has 1 N–H and O–H groups in total. The molecule has 0 atom stereocenters. The van der Waals surface area contributed by atoms with Crippen LogP contribution in [0, 0.1) is 17.2 Å². The van der Waals surface area contributed by atoms with Gasteiger partial charge in [-0.05, 0) is 29.3 Å². The first-order chi connectivity index (χ1) is 15.7. The molecule has 1 aromatic heterocycles. The third-order valence-electron chi connectivity index (χ3n) is 3.78. The Labute approximate surface area is 188 Å². The quantitative estimate of drug-likeness (QED) is 0.491. The highest BCUT2D eigenvalue weighted by Crippen LogP contribution is 2.31. The maximum absolute atomic E-state index is 13.0. The maximum Gasteiger partial charge on any atom is 0.493 e. The van der Waals surface area contributed by atoms with Crippen molar-refractivity contribution in [2.45, 2.75) is 26.2 Å². The molecule has 1 heterocycles. The summed E-state index contributed by atoms with van der Waals surface area (Å²) in [6, 6.07) is 4.43. The summed E-state index contributed by atoms with van der Waals surface area (Å²) in [6.45, 7) is 2.95. The molecule has 15 heteroatoms. The largest absolute Gasteiger partial charge is 0.493 e. The molecule has 0 saturated carbocycles. The van der Waals surface area contributed by atoms with Crippen molar-refractivity contribution in [2.24, 2.45) is 5.92 Å². The Balaban J connectivity index is 2.50. The predicted octanol–water partition coefficient (Wildman–Crippen LogP) is 4.30. The fourth-order valence-electron chi connectivity index (χ4n) is 2.43. The van der Waals surface area contributed by atoms with Crippen molar-refractivity contribution in [3.63, 3.8) is 0 Å². The number of nitrogens with zero attached hydrogens (tertiary/aromatic N) is 5. The molecule has 0 bridgehead atoms. The lowest BCUT2D eigenvalue weighted by Gasteiger charge is -2.34. The van der Waals surface area contributed by atoms with Crippen molar-refractivity contribution in [3.05, 3.63) is 47.9 Å². The van der Waals surface area contributed by atoms with E-state index in [4.69, 9.17) is 5.26 Å². The summed E-state index contributed by atoms with van der Waals surface area (Å²) in [5, 5.41) is 11.5. The van der Waals surface area contributed by atoms with Gasteiger partial charge in [0.05, 0.1) is 5.56 Å². The first kappa shape index (κ1) is 26.2. The van der Waals surface area contributed by atoms with Gasteiger partial charge in [-0.25, -0.2) is 19.6 Å². The molecule has 182 valence electrons. The molecule has 34 heavy (non-hydrogen) atoms. The van der Waals surface area contributed by atoms with E-state index >= 15 is 0 Å². The second-order valence-corrected chi connectivity index (χ2v) is 6.98. The Morgan fingerprint density at radius 3 is 2.41 bits per heavy atom. The number of benzene rings is 1. The molecule has 2 rings (SSSR count). The minimum absolute atomic E-state index is 0.125. The number of carbonyl (C=O) groups is 2. The number of hydrazine groups is 1. The zero-order chi connectivity index (χ0) is 25.7. The number of rotatable bonds is 5. The lowest BCUT2D eigenvalue weighted by molar-refractivity contribution is -0.229. The molecule has 0 spiro atoms. The van der Waals surface area contributed by atoms with Gasteiger partial charge in [-0.3, -0.25) is 0 Å². The molecule has 9 nitrogen and oxygen atoms in total. The average Bonchev–Trinajstić information content (AvgIpc) is 2.74. The number of hydrogen-bond donors (Lipinski definition) is 1. The number of nitriles is 1. The van der Waals surface area contributed by atoms with Crippen molar-refractivity contribution < 1.29 is 40.8 Å². The van der Waals surface area contributed by atoms with E-state index in [-0.39, 0.29) is 23.5 Å². The van der Waals surface area contributed by atoms with Crippen LogP contribution in [0.2, 0.25) is 0 Å². The van der Waals surface area contributed by atoms with E-state index < -0.39 is 41.4 Å². The normalized spacial score (nSPS) is 11.5. The maximum atomic E-state index is 13.0. The average molecular weight is 490 g/mol. The van der Waals surface area contributed by atoms with Crippen molar-refractivity contribution in [3.8, 4) is 6.07 Å². The van der Waals surface area contributed by atoms with Gasteiger partial charge in [0.2, 0.25) is 5.82 Å². The lowest BCUT2D eigenvalue weighted by atomic mass is 10.2. The topological polar surface area (TPSA) is 111 Å². The van der Waals surface area contributed by atoms with Gasteiger partial charge < -0.3 is 10.2 Å². The minimum Gasteiger partial charge on any atom is -0.306 e. The third kappa shape index (κ3) is 6.95. The van der Waals surface area contributed by atoms with Crippen LogP contribution in [-0.4, -0.2) is 39.9 Å². The van der Waals surface area contributed by atoms with Gasteiger partial charge in [0.25, 0.3) is 0 Å². The highest BCUT2D eigenvalue weighted by Gasteiger charge is 2.45. The number of urea groups is 1.